The molecule has 0 bridgehead atoms. The van der Waals surface area contributed by atoms with Crippen LogP contribution in [0.4, 0.5) is 0 Å². The van der Waals surface area contributed by atoms with Crippen LogP contribution >= 0.6 is 22.6 Å². The Morgan fingerprint density at radius 2 is 1.01 bits per heavy atom. The van der Waals surface area contributed by atoms with E-state index in [1.807, 2.05) is 133 Å². The van der Waals surface area contributed by atoms with Gasteiger partial charge in [-0.05, 0) is 73.9 Å². The first-order valence-electron chi connectivity index (χ1n) is 31.3. The van der Waals surface area contributed by atoms with E-state index in [1.165, 1.54) is 0 Å². The first-order chi connectivity index (χ1) is 44.1. The molecule has 0 radical (unpaired) electrons. The van der Waals surface area contributed by atoms with E-state index in [0.29, 0.717) is 45.2 Å². The van der Waals surface area contributed by atoms with E-state index in [1.54, 1.807) is 23.2 Å². The molecule has 0 saturated carbocycles. The number of fused-ring (bicyclic) bond motifs is 4. The number of carbonyl (C=O) groups is 4. The van der Waals surface area contributed by atoms with Crippen LogP contribution in [0.3, 0.4) is 0 Å². The van der Waals surface area contributed by atoms with Gasteiger partial charge in [0.15, 0.2) is 11.6 Å². The summed E-state index contributed by atoms with van der Waals surface area (Å²) in [5.41, 5.74) is 11.8. The zero-order valence-corrected chi connectivity index (χ0v) is 55.9. The molecule has 0 spiro atoms. The number of hydrogen-bond acceptors (Lipinski definition) is 14. The van der Waals surface area contributed by atoms with Gasteiger partial charge in [0.05, 0.1) is 77.9 Å². The molecule has 24 heteroatoms. The number of hydrogen-bond donors (Lipinski definition) is 0. The molecule has 0 N–H and O–H groups in total. The molecule has 0 atom stereocenters. The lowest BCUT2D eigenvalue weighted by molar-refractivity contribution is -0.131. The van der Waals surface area contributed by atoms with Crippen LogP contribution in [0.1, 0.15) is 97.1 Å². The quantitative estimate of drug-likeness (QED) is 0.0648. The van der Waals surface area contributed by atoms with Gasteiger partial charge in [0.25, 0.3) is 0 Å². The predicted octanol–water partition coefficient (Wildman–Crippen LogP) is 7.89. The van der Waals surface area contributed by atoms with E-state index >= 15 is 0 Å². The van der Waals surface area contributed by atoms with Crippen LogP contribution in [-0.2, 0) is 73.3 Å². The van der Waals surface area contributed by atoms with E-state index in [-0.39, 0.29) is 47.6 Å². The molecular weight excluding hydrogens is 1270 g/mol. The van der Waals surface area contributed by atoms with Crippen LogP contribution in [0.2, 0.25) is 0 Å². The van der Waals surface area contributed by atoms with Gasteiger partial charge in [-0.3, -0.25) is 47.7 Å². The second kappa shape index (κ2) is 24.9. The molecule has 10 aromatic rings. The maximum absolute atomic E-state index is 12.7. The van der Waals surface area contributed by atoms with E-state index < -0.39 is 0 Å². The van der Waals surface area contributed by atoms with E-state index in [9.17, 15) is 19.2 Å². The fourth-order valence-corrected chi connectivity index (χ4v) is 13.7. The minimum atomic E-state index is -0.378. The largest absolute Gasteiger partial charge is 0.494 e. The standard InChI is InChI=1S/C31H32N8O2.C19H21IN4O2.C18H23BN4O2/c1-20(40)38-11-12-39-27(18-38)30(33-31(39)24-16-37(17-24)19-28(41)21-7-5-4-6-8-21)22-9-10-26-25(13-22)29(34-36(26)3)23-14-32-35(2)15-23;1-13(25)23-7-8-24-16(11-23)18(20)21-19(24)15-9-22(10-15)12-17(26)14-5-3-2-4-6-14;1-17(2)18(3,4)25-19(24-17)13-7-8-15-14(9-13)16(21-23(15)6)12-10-20-22(5)11-12/h4-10,13-15,24H,11-12,16-19H2,1-3H3;2-6,15H,7-12H2,1H3;7-11H,1-6H3. The van der Waals surface area contributed by atoms with Crippen molar-refractivity contribution in [1.29, 1.82) is 0 Å². The molecule has 22 nitrogen and oxygen atoms in total. The molecule has 0 aliphatic carbocycles. The molecule has 6 aromatic heterocycles. The highest BCUT2D eigenvalue weighted by atomic mass is 127. The lowest BCUT2D eigenvalue weighted by Gasteiger charge is -2.39. The van der Waals surface area contributed by atoms with Gasteiger partial charge in [-0.1, -0.05) is 78.9 Å². The average molecular weight is 1350 g/mol. The zero-order chi connectivity index (χ0) is 64.5. The molecule has 3 fully saturated rings. The maximum Gasteiger partial charge on any atom is 0.494 e. The number of Topliss-reactive ketones (excluding diaryl/α,β-unsaturated/α-hetero) is 2. The summed E-state index contributed by atoms with van der Waals surface area (Å²) < 4.78 is 25.3. The SMILES string of the molecule is CC(=O)N1CCn2c(C3CN(CC(=O)c4ccccc4)C3)nc(-c3ccc4c(c3)c(-c3cnn(C)c3)nn4C)c2C1.CC(=O)N1CCn2c(C3CN(CC(=O)c4ccccc4)C3)nc(I)c2C1.Cn1cc(-c2nn(C)c3ccc(B4OC(C)(C)C(C)(C)O4)cc23)cn1. The van der Waals surface area contributed by atoms with Crippen molar-refractivity contribution in [3.63, 3.8) is 0 Å². The summed E-state index contributed by atoms with van der Waals surface area (Å²) in [7, 11) is 7.34. The zero-order valence-electron chi connectivity index (χ0n) is 53.7. The van der Waals surface area contributed by atoms with Gasteiger partial charge in [0.2, 0.25) is 11.8 Å². The van der Waals surface area contributed by atoms with Gasteiger partial charge in [-0.15, -0.1) is 0 Å². The third-order valence-corrected chi connectivity index (χ3v) is 19.8. The van der Waals surface area contributed by atoms with Gasteiger partial charge in [-0.25, -0.2) is 9.97 Å². The highest BCUT2D eigenvalue weighted by Crippen LogP contribution is 2.40. The van der Waals surface area contributed by atoms with Gasteiger partial charge in [0.1, 0.15) is 26.7 Å². The predicted molar refractivity (Wildman–Crippen MR) is 360 cm³/mol. The molecule has 2 amide bonds. The molecule has 5 aliphatic rings. The lowest BCUT2D eigenvalue weighted by atomic mass is 9.78. The van der Waals surface area contributed by atoms with Crippen LogP contribution in [-0.4, -0.2) is 172 Å². The Morgan fingerprint density at radius 1 is 0.554 bits per heavy atom. The van der Waals surface area contributed by atoms with Crippen LogP contribution in [0.25, 0.3) is 55.6 Å². The van der Waals surface area contributed by atoms with Crippen molar-refractivity contribution in [3.8, 4) is 33.8 Å². The summed E-state index contributed by atoms with van der Waals surface area (Å²) in [4.78, 5) is 67.2. The lowest BCUT2D eigenvalue weighted by Crippen LogP contribution is -2.48. The van der Waals surface area contributed by atoms with Crippen LogP contribution < -0.4 is 5.46 Å². The molecule has 5 aliphatic heterocycles. The second-order valence-electron chi connectivity index (χ2n) is 25.9. The molecule has 474 valence electrons. The Kier molecular flexibility index (Phi) is 16.9. The molecule has 4 aromatic carbocycles. The van der Waals surface area contributed by atoms with E-state index in [4.69, 9.17) is 24.4 Å². The Labute approximate surface area is 548 Å². The number of halogens is 1. The topological polar surface area (TPSA) is 207 Å². The van der Waals surface area contributed by atoms with Crippen molar-refractivity contribution < 1.29 is 28.5 Å². The van der Waals surface area contributed by atoms with Crippen molar-refractivity contribution in [2.24, 2.45) is 28.2 Å². The summed E-state index contributed by atoms with van der Waals surface area (Å²) >= 11 is 2.27. The van der Waals surface area contributed by atoms with Crippen molar-refractivity contribution in [3.05, 3.63) is 160 Å². The normalized spacial score (nSPS) is 17.2. The summed E-state index contributed by atoms with van der Waals surface area (Å²) in [5.74, 6) is 3.25. The maximum atomic E-state index is 12.7. The summed E-state index contributed by atoms with van der Waals surface area (Å²) in [5, 5.41) is 20.2. The number of aryl methyl sites for hydroxylation is 4. The Balaban J connectivity index is 0.000000132. The fourth-order valence-electron chi connectivity index (χ4n) is 13.0. The van der Waals surface area contributed by atoms with Gasteiger partial charge < -0.3 is 28.2 Å². The number of rotatable bonds is 12. The summed E-state index contributed by atoms with van der Waals surface area (Å²) in [6.07, 6.45) is 7.62. The Morgan fingerprint density at radius 3 is 1.49 bits per heavy atom. The first-order valence-corrected chi connectivity index (χ1v) is 32.4. The summed E-state index contributed by atoms with van der Waals surface area (Å²) in [6.45, 7) is 19.8. The molecular formula is C68H76BIN16O6. The number of amides is 2. The highest BCUT2D eigenvalue weighted by molar-refractivity contribution is 14.1. The van der Waals surface area contributed by atoms with Gasteiger partial charge in [0, 0.05) is 157 Å². The molecule has 3 saturated heterocycles. The van der Waals surface area contributed by atoms with Gasteiger partial charge in [-0.2, -0.15) is 20.4 Å². The second-order valence-corrected chi connectivity index (χ2v) is 26.9. The number of likely N-dealkylation sites (tertiary alicyclic amines) is 2. The van der Waals surface area contributed by atoms with E-state index in [0.717, 1.165) is 138 Å². The van der Waals surface area contributed by atoms with E-state index in [2.05, 4.69) is 121 Å². The molecule has 11 heterocycles. The fraction of sp³-hybridized carbons (Fsp3) is 0.382. The van der Waals surface area contributed by atoms with Crippen molar-refractivity contribution >= 4 is 80.4 Å². The van der Waals surface area contributed by atoms with Crippen LogP contribution in [0.5, 0.6) is 0 Å². The van der Waals surface area contributed by atoms with Crippen LogP contribution in [0, 0.1) is 3.70 Å². The molecule has 15 rings (SSSR count). The minimum absolute atomic E-state index is 0.0702. The highest BCUT2D eigenvalue weighted by Gasteiger charge is 2.52. The number of benzene rings is 4. The smallest absolute Gasteiger partial charge is 0.399 e. The number of ketones is 2. The molecule has 92 heavy (non-hydrogen) atoms. The van der Waals surface area contributed by atoms with Crippen LogP contribution in [0.15, 0.2) is 122 Å². The Bertz CT molecular complexity index is 4440. The average Bonchev–Trinajstić information content (AvgIpc) is 1.60. The van der Waals surface area contributed by atoms with Crippen molar-refractivity contribution in [1.82, 2.24) is 77.8 Å². The monoisotopic (exact) mass is 1350 g/mol. The van der Waals surface area contributed by atoms with Crippen molar-refractivity contribution in [2.75, 3.05) is 52.4 Å². The van der Waals surface area contributed by atoms with Crippen molar-refractivity contribution in [2.45, 2.75) is 90.8 Å². The summed E-state index contributed by atoms with van der Waals surface area (Å²) in [6, 6.07) is 31.5. The van der Waals surface area contributed by atoms with Gasteiger partial charge >= 0.3 is 7.12 Å². The first kappa shape index (κ1) is 62.4. The number of carbonyl (C=O) groups excluding carboxylic acids is 4. The number of aromatic nitrogens is 12. The molecule has 0 unspecified atom stereocenters. The third-order valence-electron chi connectivity index (χ3n) is 19.0. The number of nitrogens with zero attached hydrogens (tertiary/aromatic N) is 16. The minimum Gasteiger partial charge on any atom is -0.399 e. The number of imidazole rings is 2. The third kappa shape index (κ3) is 12.2. The Hall–Kier alpha value is -8.43.